The molecule has 0 fully saturated rings. The summed E-state index contributed by atoms with van der Waals surface area (Å²) in [6, 6.07) is 0. The zero-order valence-electron chi connectivity index (χ0n) is 2.24. The van der Waals surface area contributed by atoms with Crippen molar-refractivity contribution in [1.29, 1.82) is 0 Å². The summed E-state index contributed by atoms with van der Waals surface area (Å²) in [6.45, 7) is 3.29. The molecule has 0 saturated carbocycles. The Morgan fingerprint density at radius 1 is 1.75 bits per heavy atom. The lowest BCUT2D eigenvalue weighted by Crippen LogP contribution is -1.21. The van der Waals surface area contributed by atoms with Crippen LogP contribution in [0.25, 0.3) is 0 Å². The third kappa shape index (κ3) is 2.03. The lowest BCUT2D eigenvalue weighted by Gasteiger charge is -1.46. The van der Waals surface area contributed by atoms with E-state index in [4.69, 9.17) is 11.6 Å². The van der Waals surface area contributed by atoms with E-state index in [1.165, 1.54) is 11.6 Å². The molecule has 0 bridgehead atoms. The number of hydrogen-bond acceptors (Lipinski definition) is 0. The van der Waals surface area contributed by atoms with Crippen LogP contribution < -0.4 is 0 Å². The molecule has 0 saturated heterocycles. The Morgan fingerprint density at radius 2 is 2.00 bits per heavy atom. The van der Waals surface area contributed by atoms with E-state index in [0.29, 0.717) is 0 Å². The summed E-state index contributed by atoms with van der Waals surface area (Å²) in [4.78, 5) is 0. The van der Waals surface area contributed by atoms with Crippen LogP contribution >= 0.6 is 11.6 Å². The molecule has 1 radical (unpaired) electrons. The Balaban J connectivity index is 2.55. The van der Waals surface area contributed by atoms with Gasteiger partial charge in [-0.25, -0.2) is 0 Å². The van der Waals surface area contributed by atoms with Crippen LogP contribution in [-0.4, -0.2) is 0 Å². The molecular weight excluding hydrogens is 71.5 g/mol. The zero-order chi connectivity index (χ0) is 3.41. The van der Waals surface area contributed by atoms with Gasteiger partial charge in [-0.3, -0.25) is 0 Å². The van der Waals surface area contributed by atoms with E-state index >= 15 is 0 Å². The normalized spacial score (nSPS) is 9.50. The van der Waals surface area contributed by atoms with Crippen molar-refractivity contribution >= 4 is 11.6 Å². The highest BCUT2D eigenvalue weighted by Crippen LogP contribution is 1.70. The summed E-state index contributed by atoms with van der Waals surface area (Å²) in [6.07, 6.45) is 1.52. The Kier molecular flexibility index (Phi) is 3.05. The van der Waals surface area contributed by atoms with Crippen LogP contribution in [0.15, 0.2) is 11.6 Å². The second-order valence-corrected chi connectivity index (χ2v) is 0.614. The molecule has 23 valence electrons. The molecule has 0 aliphatic rings. The third-order valence-corrected chi connectivity index (χ3v) is 0.267. The first kappa shape index (κ1) is 4.03. The topological polar surface area (TPSA) is 0 Å². The summed E-state index contributed by atoms with van der Waals surface area (Å²) in [7, 11) is 0. The fourth-order valence-electron chi connectivity index (χ4n) is 0. The van der Waals surface area contributed by atoms with Crippen LogP contribution in [0.2, 0.25) is 0 Å². The molecule has 0 heterocycles. The van der Waals surface area contributed by atoms with E-state index in [9.17, 15) is 0 Å². The smallest absolute Gasteiger partial charge is 0.000256 e. The van der Waals surface area contributed by atoms with E-state index in [2.05, 4.69) is 6.92 Å². The Bertz CT molecular complexity index is 18.5. The highest BCUT2D eigenvalue weighted by Gasteiger charge is 1.37. The molecule has 0 amide bonds. The Labute approximate surface area is 31.1 Å². The molecule has 0 aromatic carbocycles. The molecule has 0 aromatic rings. The average Bonchev–Trinajstić information content (AvgIpc) is 1.37. The summed E-state index contributed by atoms with van der Waals surface area (Å²) < 4.78 is 0. The number of allylic oxidation sites excluding steroid dienone is 1. The fraction of sp³-hybridized carbons (Fsp3) is 0. The maximum Gasteiger partial charge on any atom is 0.000256 e. The van der Waals surface area contributed by atoms with E-state index in [0.717, 1.165) is 0 Å². The largest absolute Gasteiger partial charge is 0.0933 e. The van der Waals surface area contributed by atoms with Crippen molar-refractivity contribution in [2.24, 2.45) is 0 Å². The molecular formula is C3H4Cl. The first-order valence-electron chi connectivity index (χ1n) is 0.960. The molecule has 0 N–H and O–H groups in total. The van der Waals surface area contributed by atoms with Crippen molar-refractivity contribution < 1.29 is 0 Å². The highest BCUT2D eigenvalue weighted by molar-refractivity contribution is 6.25. The van der Waals surface area contributed by atoms with E-state index < -0.39 is 0 Å². The van der Waals surface area contributed by atoms with Crippen LogP contribution in [0, 0.1) is 6.92 Å². The van der Waals surface area contributed by atoms with Crippen LogP contribution in [0.5, 0.6) is 0 Å². The summed E-state index contributed by atoms with van der Waals surface area (Å²) in [5.41, 5.74) is 1.36. The molecule has 0 nitrogen and oxygen atoms in total. The van der Waals surface area contributed by atoms with Gasteiger partial charge in [0.1, 0.15) is 0 Å². The molecule has 0 aliphatic carbocycles. The van der Waals surface area contributed by atoms with Crippen molar-refractivity contribution in [3.63, 3.8) is 0 Å². The van der Waals surface area contributed by atoms with Crippen molar-refractivity contribution in [3.8, 4) is 0 Å². The quantitative estimate of drug-likeness (QED) is 0.410. The van der Waals surface area contributed by atoms with Crippen molar-refractivity contribution in [2.75, 3.05) is 0 Å². The van der Waals surface area contributed by atoms with Gasteiger partial charge in [0.2, 0.25) is 0 Å². The summed E-state index contributed by atoms with van der Waals surface area (Å²) in [5.74, 6) is 0. The predicted octanol–water partition coefficient (Wildman–Crippen LogP) is 1.57. The van der Waals surface area contributed by atoms with E-state index in [-0.39, 0.29) is 0 Å². The maximum atomic E-state index is 4.94. The van der Waals surface area contributed by atoms with Crippen LogP contribution in [0.3, 0.4) is 0 Å². The highest BCUT2D eigenvalue weighted by atomic mass is 35.5. The third-order valence-electron chi connectivity index (χ3n) is 0.0891. The molecule has 1 heteroatoms. The molecule has 0 spiro atoms. The van der Waals surface area contributed by atoms with Crippen LogP contribution in [0.1, 0.15) is 0 Å². The van der Waals surface area contributed by atoms with Gasteiger partial charge in [0, 0.05) is 5.54 Å². The number of rotatable bonds is 0. The summed E-state index contributed by atoms with van der Waals surface area (Å²) >= 11 is 4.94. The molecule has 0 aliphatic heterocycles. The predicted molar refractivity (Wildman–Crippen MR) is 20.3 cm³/mol. The van der Waals surface area contributed by atoms with Gasteiger partial charge >= 0.3 is 0 Å². The SMILES string of the molecule is [CH2]/C=C\Cl. The molecule has 4 heavy (non-hydrogen) atoms. The van der Waals surface area contributed by atoms with Gasteiger partial charge < -0.3 is 0 Å². The Hall–Kier alpha value is 0.0300. The summed E-state index contributed by atoms with van der Waals surface area (Å²) in [5, 5.41) is 0. The lowest BCUT2D eigenvalue weighted by atomic mass is 10.8. The first-order chi connectivity index (χ1) is 1.91. The van der Waals surface area contributed by atoms with Crippen molar-refractivity contribution in [3.05, 3.63) is 18.5 Å². The van der Waals surface area contributed by atoms with Gasteiger partial charge in [0.25, 0.3) is 0 Å². The minimum atomic E-state index is 1.36. The van der Waals surface area contributed by atoms with Gasteiger partial charge in [-0.1, -0.05) is 17.7 Å². The second-order valence-electron chi connectivity index (χ2n) is 0.362. The van der Waals surface area contributed by atoms with Crippen molar-refractivity contribution in [1.82, 2.24) is 0 Å². The van der Waals surface area contributed by atoms with Crippen LogP contribution in [-0.2, 0) is 0 Å². The average molecular weight is 75.5 g/mol. The van der Waals surface area contributed by atoms with Crippen LogP contribution in [0.4, 0.5) is 0 Å². The molecule has 0 atom stereocenters. The molecule has 0 unspecified atom stereocenters. The maximum absolute atomic E-state index is 4.94. The van der Waals surface area contributed by atoms with E-state index in [1.807, 2.05) is 0 Å². The first-order valence-corrected chi connectivity index (χ1v) is 1.40. The van der Waals surface area contributed by atoms with Gasteiger partial charge in [0.05, 0.1) is 0 Å². The van der Waals surface area contributed by atoms with Gasteiger partial charge in [-0.05, 0) is 6.92 Å². The zero-order valence-corrected chi connectivity index (χ0v) is 3.00. The molecule has 0 rings (SSSR count). The minimum Gasteiger partial charge on any atom is -0.0933 e. The minimum absolute atomic E-state index is 1.36. The Morgan fingerprint density at radius 3 is 2.00 bits per heavy atom. The second kappa shape index (κ2) is 3.03. The molecule has 0 aromatic heterocycles. The standard InChI is InChI=1S/C3H4Cl/c1-2-3-4/h2-3H,1H2/b3-2-. The van der Waals surface area contributed by atoms with Crippen molar-refractivity contribution in [2.45, 2.75) is 0 Å². The fourth-order valence-corrected chi connectivity index (χ4v) is 0. The monoisotopic (exact) mass is 75.0 g/mol. The van der Waals surface area contributed by atoms with Gasteiger partial charge in [0.15, 0.2) is 0 Å². The lowest BCUT2D eigenvalue weighted by molar-refractivity contribution is 2.15. The van der Waals surface area contributed by atoms with Gasteiger partial charge in [-0.15, -0.1) is 0 Å². The van der Waals surface area contributed by atoms with Gasteiger partial charge in [-0.2, -0.15) is 0 Å². The number of halogens is 1. The van der Waals surface area contributed by atoms with E-state index in [1.54, 1.807) is 0 Å². The number of hydrogen-bond donors (Lipinski definition) is 0.